The summed E-state index contributed by atoms with van der Waals surface area (Å²) in [4.78, 5) is 3.74. The first-order valence-corrected chi connectivity index (χ1v) is 4.30. The predicted octanol–water partition coefficient (Wildman–Crippen LogP) is 2.94. The molecule has 0 radical (unpaired) electrons. The molecular weight excluding hydrogens is 234 g/mol. The van der Waals surface area contributed by atoms with Gasteiger partial charge in [0.05, 0.1) is 5.02 Å². The second kappa shape index (κ2) is 4.52. The van der Waals surface area contributed by atoms with Gasteiger partial charge in [-0.25, -0.2) is 0 Å². The molecule has 68 valence electrons. The molecular formula is C7H3Cl3N2O. The largest absolute Gasteiger partial charge is 0.461 e. The summed E-state index contributed by atoms with van der Waals surface area (Å²) in [6, 6.07) is 3.19. The molecule has 0 aliphatic carbocycles. The van der Waals surface area contributed by atoms with Crippen LogP contribution in [0.4, 0.5) is 0 Å². The zero-order valence-corrected chi connectivity index (χ0v) is 8.49. The second-order valence-electron chi connectivity index (χ2n) is 1.99. The van der Waals surface area contributed by atoms with Gasteiger partial charge in [0.2, 0.25) is 5.88 Å². The van der Waals surface area contributed by atoms with Crippen LogP contribution in [0.3, 0.4) is 0 Å². The predicted molar refractivity (Wildman–Crippen MR) is 50.4 cm³/mol. The van der Waals surface area contributed by atoms with Crippen LogP contribution in [-0.4, -0.2) is 11.6 Å². The SMILES string of the molecule is N#CCOc1nc(Cl)c(Cl)cc1Cl. The Labute approximate surface area is 89.8 Å². The number of ether oxygens (including phenoxy) is 1. The lowest BCUT2D eigenvalue weighted by atomic mass is 10.5. The average molecular weight is 237 g/mol. The molecule has 0 N–H and O–H groups in total. The first-order valence-electron chi connectivity index (χ1n) is 3.16. The molecule has 0 aliphatic rings. The van der Waals surface area contributed by atoms with Crippen LogP contribution in [0.5, 0.6) is 5.88 Å². The molecule has 0 fully saturated rings. The van der Waals surface area contributed by atoms with Crippen LogP contribution < -0.4 is 4.74 Å². The normalized spacial score (nSPS) is 9.38. The topological polar surface area (TPSA) is 45.9 Å². The molecule has 0 spiro atoms. The van der Waals surface area contributed by atoms with Crippen LogP contribution in [0, 0.1) is 11.3 Å². The van der Waals surface area contributed by atoms with E-state index in [4.69, 9.17) is 44.8 Å². The summed E-state index contributed by atoms with van der Waals surface area (Å²) in [5.41, 5.74) is 0. The fourth-order valence-corrected chi connectivity index (χ4v) is 1.17. The Kier molecular flexibility index (Phi) is 3.61. The van der Waals surface area contributed by atoms with Gasteiger partial charge >= 0.3 is 0 Å². The number of nitrogens with zero attached hydrogens (tertiary/aromatic N) is 2. The molecule has 0 aliphatic heterocycles. The van der Waals surface area contributed by atoms with Gasteiger partial charge in [-0.3, -0.25) is 0 Å². The number of aromatic nitrogens is 1. The third-order valence-corrected chi connectivity index (χ3v) is 2.07. The lowest BCUT2D eigenvalue weighted by Gasteiger charge is -2.03. The van der Waals surface area contributed by atoms with Crippen molar-refractivity contribution in [3.63, 3.8) is 0 Å². The maximum atomic E-state index is 8.24. The molecule has 1 heterocycles. The van der Waals surface area contributed by atoms with E-state index in [0.717, 1.165) is 0 Å². The first-order chi connectivity index (χ1) is 6.15. The molecule has 0 unspecified atom stereocenters. The van der Waals surface area contributed by atoms with E-state index in [2.05, 4.69) is 4.98 Å². The van der Waals surface area contributed by atoms with Gasteiger partial charge in [0.25, 0.3) is 0 Å². The van der Waals surface area contributed by atoms with E-state index < -0.39 is 0 Å². The van der Waals surface area contributed by atoms with Gasteiger partial charge in [-0.15, -0.1) is 0 Å². The zero-order chi connectivity index (χ0) is 9.84. The van der Waals surface area contributed by atoms with E-state index in [0.29, 0.717) is 0 Å². The van der Waals surface area contributed by atoms with Crippen LogP contribution in [0.15, 0.2) is 6.07 Å². The van der Waals surface area contributed by atoms with Gasteiger partial charge in [0.15, 0.2) is 11.8 Å². The lowest BCUT2D eigenvalue weighted by molar-refractivity contribution is 0.354. The smallest absolute Gasteiger partial charge is 0.235 e. The lowest BCUT2D eigenvalue weighted by Crippen LogP contribution is -1.97. The maximum Gasteiger partial charge on any atom is 0.235 e. The highest BCUT2D eigenvalue weighted by Crippen LogP contribution is 2.30. The van der Waals surface area contributed by atoms with E-state index in [1.807, 2.05) is 0 Å². The minimum atomic E-state index is -0.134. The highest BCUT2D eigenvalue weighted by molar-refractivity contribution is 6.42. The third kappa shape index (κ3) is 2.63. The van der Waals surface area contributed by atoms with Gasteiger partial charge < -0.3 is 4.74 Å². The van der Waals surface area contributed by atoms with Gasteiger partial charge in [-0.05, 0) is 6.07 Å². The summed E-state index contributed by atoms with van der Waals surface area (Å²) in [5.74, 6) is 0.109. The van der Waals surface area contributed by atoms with Crippen molar-refractivity contribution >= 4 is 34.8 Å². The number of halogens is 3. The summed E-state index contributed by atoms with van der Waals surface area (Å²) < 4.78 is 4.87. The van der Waals surface area contributed by atoms with Crippen molar-refractivity contribution in [2.75, 3.05) is 6.61 Å². The first kappa shape index (κ1) is 10.4. The van der Waals surface area contributed by atoms with Crippen LogP contribution in [0.1, 0.15) is 0 Å². The van der Waals surface area contributed by atoms with E-state index in [1.54, 1.807) is 6.07 Å². The third-order valence-electron chi connectivity index (χ3n) is 1.13. The minimum Gasteiger partial charge on any atom is -0.461 e. The van der Waals surface area contributed by atoms with E-state index in [1.165, 1.54) is 6.07 Å². The molecule has 0 saturated carbocycles. The highest BCUT2D eigenvalue weighted by atomic mass is 35.5. The van der Waals surface area contributed by atoms with E-state index in [9.17, 15) is 0 Å². The monoisotopic (exact) mass is 236 g/mol. The second-order valence-corrected chi connectivity index (χ2v) is 3.17. The van der Waals surface area contributed by atoms with Crippen molar-refractivity contribution in [2.45, 2.75) is 0 Å². The van der Waals surface area contributed by atoms with Crippen LogP contribution in [0.2, 0.25) is 15.2 Å². The molecule has 1 rings (SSSR count). The molecule has 1 aromatic rings. The minimum absolute atomic E-state index is 0.0963. The Morgan fingerprint density at radius 3 is 2.69 bits per heavy atom. The van der Waals surface area contributed by atoms with Gasteiger partial charge in [0, 0.05) is 0 Å². The molecule has 3 nitrogen and oxygen atoms in total. The van der Waals surface area contributed by atoms with Crippen molar-refractivity contribution < 1.29 is 4.74 Å². The fourth-order valence-electron chi connectivity index (χ4n) is 0.630. The highest BCUT2D eigenvalue weighted by Gasteiger charge is 2.08. The molecule has 0 aromatic carbocycles. The van der Waals surface area contributed by atoms with Crippen molar-refractivity contribution in [3.8, 4) is 11.9 Å². The molecule has 13 heavy (non-hydrogen) atoms. The average Bonchev–Trinajstić information content (AvgIpc) is 2.09. The van der Waals surface area contributed by atoms with Crippen molar-refractivity contribution in [2.24, 2.45) is 0 Å². The molecule has 0 bridgehead atoms. The molecule has 6 heteroatoms. The van der Waals surface area contributed by atoms with Crippen LogP contribution in [-0.2, 0) is 0 Å². The molecule has 0 saturated heterocycles. The summed E-state index contributed by atoms with van der Waals surface area (Å²) in [6.07, 6.45) is 0. The Balaban J connectivity index is 2.96. The standard InChI is InChI=1S/C7H3Cl3N2O/c8-4-3-5(9)7(12-6(4)10)13-2-1-11/h3H,2H2. The number of rotatable bonds is 2. The number of hydrogen-bond acceptors (Lipinski definition) is 3. The van der Waals surface area contributed by atoms with Crippen molar-refractivity contribution in [1.29, 1.82) is 5.26 Å². The quantitative estimate of drug-likeness (QED) is 0.743. The Hall–Kier alpha value is -0.690. The van der Waals surface area contributed by atoms with Gasteiger partial charge in [0.1, 0.15) is 11.1 Å². The molecule has 0 atom stereocenters. The zero-order valence-electron chi connectivity index (χ0n) is 6.22. The summed E-state index contributed by atoms with van der Waals surface area (Å²) >= 11 is 16.9. The summed E-state index contributed by atoms with van der Waals surface area (Å²) in [7, 11) is 0. The fraction of sp³-hybridized carbons (Fsp3) is 0.143. The Morgan fingerprint density at radius 1 is 1.38 bits per heavy atom. The number of pyridine rings is 1. The van der Waals surface area contributed by atoms with E-state index in [-0.39, 0.29) is 27.7 Å². The summed E-state index contributed by atoms with van der Waals surface area (Å²) in [6.45, 7) is -0.134. The molecule has 1 aromatic heterocycles. The Bertz CT molecular complexity index is 361. The number of hydrogen-bond donors (Lipinski definition) is 0. The van der Waals surface area contributed by atoms with Crippen molar-refractivity contribution in [3.05, 3.63) is 21.3 Å². The molecule has 0 amide bonds. The Morgan fingerprint density at radius 2 is 2.08 bits per heavy atom. The maximum absolute atomic E-state index is 8.24. The van der Waals surface area contributed by atoms with Crippen molar-refractivity contribution in [1.82, 2.24) is 4.98 Å². The van der Waals surface area contributed by atoms with Gasteiger partial charge in [-0.1, -0.05) is 34.8 Å². The van der Waals surface area contributed by atoms with Crippen LogP contribution >= 0.6 is 34.8 Å². The van der Waals surface area contributed by atoms with Crippen LogP contribution in [0.25, 0.3) is 0 Å². The van der Waals surface area contributed by atoms with Gasteiger partial charge in [-0.2, -0.15) is 10.2 Å². The van der Waals surface area contributed by atoms with E-state index >= 15 is 0 Å². The number of nitriles is 1. The summed E-state index contributed by atoms with van der Waals surface area (Å²) in [5, 5.41) is 8.81.